The van der Waals surface area contributed by atoms with Gasteiger partial charge in [0.05, 0.1) is 33.9 Å². The third-order valence-corrected chi connectivity index (χ3v) is 6.47. The van der Waals surface area contributed by atoms with Gasteiger partial charge in [0.25, 0.3) is 0 Å². The van der Waals surface area contributed by atoms with Crippen LogP contribution in [0.25, 0.3) is 0 Å². The monoisotopic (exact) mass is 529 g/mol. The lowest BCUT2D eigenvalue weighted by atomic mass is 9.82. The number of esters is 1. The number of nitriles is 1. The molecule has 35 heavy (non-hydrogen) atoms. The average Bonchev–Trinajstić information content (AvgIpc) is 2.78. The van der Waals surface area contributed by atoms with E-state index in [1.54, 1.807) is 76.2 Å². The number of nitrogens with one attached hydrogen (secondary N) is 2. The maximum atomic E-state index is 13.2. The minimum atomic E-state index is -0.708. The molecular formula is C26H25Cl2N3O3S. The minimum Gasteiger partial charge on any atom is -0.457 e. The van der Waals surface area contributed by atoms with E-state index in [4.69, 9.17) is 27.9 Å². The molecule has 1 atom stereocenters. The number of amides is 1. The first-order valence-electron chi connectivity index (χ1n) is 10.8. The van der Waals surface area contributed by atoms with E-state index in [1.165, 1.54) is 11.8 Å². The molecule has 0 spiro atoms. The highest BCUT2D eigenvalue weighted by molar-refractivity contribution is 8.03. The van der Waals surface area contributed by atoms with Gasteiger partial charge in [0, 0.05) is 21.4 Å². The summed E-state index contributed by atoms with van der Waals surface area (Å²) in [6.07, 6.45) is 0. The van der Waals surface area contributed by atoms with Crippen LogP contribution in [0.5, 0.6) is 0 Å². The van der Waals surface area contributed by atoms with Crippen molar-refractivity contribution in [2.45, 2.75) is 39.2 Å². The Morgan fingerprint density at radius 2 is 1.66 bits per heavy atom. The van der Waals surface area contributed by atoms with Crippen molar-refractivity contribution in [1.29, 1.82) is 5.26 Å². The molecule has 1 aliphatic rings. The number of allylic oxidation sites excluding steroid dienone is 2. The number of hydrogen-bond acceptors (Lipinski definition) is 6. The molecule has 2 N–H and O–H groups in total. The van der Waals surface area contributed by atoms with Crippen molar-refractivity contribution in [2.75, 3.05) is 11.1 Å². The van der Waals surface area contributed by atoms with Gasteiger partial charge in [-0.2, -0.15) is 5.26 Å². The highest BCUT2D eigenvalue weighted by Crippen LogP contribution is 2.41. The lowest BCUT2D eigenvalue weighted by molar-refractivity contribution is -0.150. The highest BCUT2D eigenvalue weighted by atomic mass is 35.5. The number of thioether (sulfide) groups is 1. The molecule has 1 aliphatic heterocycles. The Balaban J connectivity index is 1.91. The van der Waals surface area contributed by atoms with Crippen LogP contribution in [0, 0.1) is 11.3 Å². The van der Waals surface area contributed by atoms with Gasteiger partial charge in [0.15, 0.2) is 0 Å². The molecule has 0 saturated heterocycles. The topological polar surface area (TPSA) is 91.2 Å². The Morgan fingerprint density at radius 3 is 2.20 bits per heavy atom. The average molecular weight is 530 g/mol. The van der Waals surface area contributed by atoms with Gasteiger partial charge >= 0.3 is 5.97 Å². The van der Waals surface area contributed by atoms with Crippen molar-refractivity contribution in [3.05, 3.63) is 86.0 Å². The number of carbonyl (C=O) groups excluding carboxylic acids is 2. The lowest BCUT2D eigenvalue weighted by Crippen LogP contribution is -2.32. The molecule has 0 bridgehead atoms. The molecule has 0 aromatic heterocycles. The van der Waals surface area contributed by atoms with E-state index < -0.39 is 17.5 Å². The number of halogens is 2. The number of benzene rings is 2. The van der Waals surface area contributed by atoms with E-state index in [9.17, 15) is 14.9 Å². The van der Waals surface area contributed by atoms with E-state index in [1.807, 2.05) is 0 Å². The van der Waals surface area contributed by atoms with Crippen molar-refractivity contribution in [3.8, 4) is 6.07 Å². The first-order chi connectivity index (χ1) is 16.5. The lowest BCUT2D eigenvalue weighted by Gasteiger charge is -2.31. The fraction of sp³-hybridized carbons (Fsp3) is 0.269. The molecule has 1 amide bonds. The van der Waals surface area contributed by atoms with Crippen LogP contribution in [0.2, 0.25) is 10.0 Å². The molecule has 2 aromatic rings. The Morgan fingerprint density at radius 1 is 1.09 bits per heavy atom. The van der Waals surface area contributed by atoms with Crippen LogP contribution in [0.1, 0.15) is 39.2 Å². The summed E-state index contributed by atoms with van der Waals surface area (Å²) in [5.74, 6) is -1.38. The van der Waals surface area contributed by atoms with Gasteiger partial charge in [0.1, 0.15) is 5.60 Å². The fourth-order valence-electron chi connectivity index (χ4n) is 3.49. The summed E-state index contributed by atoms with van der Waals surface area (Å²) in [6, 6.07) is 16.0. The third-order valence-electron chi connectivity index (χ3n) is 4.95. The predicted molar refractivity (Wildman–Crippen MR) is 141 cm³/mol. The minimum absolute atomic E-state index is 0.0541. The van der Waals surface area contributed by atoms with Crippen molar-refractivity contribution < 1.29 is 14.3 Å². The molecule has 0 saturated carbocycles. The Hall–Kier alpha value is -2.92. The number of nitrogens with zero attached hydrogens (tertiary/aromatic N) is 1. The van der Waals surface area contributed by atoms with E-state index >= 15 is 0 Å². The second-order valence-electron chi connectivity index (χ2n) is 8.85. The normalized spacial score (nSPS) is 15.9. The van der Waals surface area contributed by atoms with Crippen LogP contribution in [0.15, 0.2) is 70.4 Å². The second kappa shape index (κ2) is 11.2. The van der Waals surface area contributed by atoms with Crippen molar-refractivity contribution in [2.24, 2.45) is 0 Å². The van der Waals surface area contributed by atoms with Crippen molar-refractivity contribution in [1.82, 2.24) is 5.32 Å². The first kappa shape index (κ1) is 26.7. The molecule has 0 fully saturated rings. The van der Waals surface area contributed by atoms with Gasteiger partial charge in [-0.05, 0) is 69.7 Å². The Labute approximate surface area is 219 Å². The number of carbonyl (C=O) groups is 2. The smallest absolute Gasteiger partial charge is 0.337 e. The van der Waals surface area contributed by atoms with Crippen molar-refractivity contribution >= 4 is 52.5 Å². The summed E-state index contributed by atoms with van der Waals surface area (Å²) in [5, 5.41) is 17.7. The first-order valence-corrected chi connectivity index (χ1v) is 12.5. The SMILES string of the molecule is CC1=C(C(=O)OC(C)(C)C)C(c2ccc(Cl)cc2)C(C#N)=C(SCC(=O)Nc2ccc(Cl)cc2)N1. The summed E-state index contributed by atoms with van der Waals surface area (Å²) in [6.45, 7) is 7.12. The van der Waals surface area contributed by atoms with Gasteiger partial charge in [0.2, 0.25) is 5.91 Å². The van der Waals surface area contributed by atoms with E-state index in [0.717, 1.165) is 5.56 Å². The summed E-state index contributed by atoms with van der Waals surface area (Å²) < 4.78 is 5.65. The molecule has 0 radical (unpaired) electrons. The highest BCUT2D eigenvalue weighted by Gasteiger charge is 2.37. The molecule has 1 heterocycles. The van der Waals surface area contributed by atoms with E-state index in [2.05, 4.69) is 16.7 Å². The molecule has 3 rings (SSSR count). The van der Waals surface area contributed by atoms with E-state index in [-0.39, 0.29) is 11.7 Å². The van der Waals surface area contributed by atoms with Crippen LogP contribution >= 0.6 is 35.0 Å². The quantitative estimate of drug-likeness (QED) is 0.420. The third kappa shape index (κ3) is 7.04. The molecule has 1 unspecified atom stereocenters. The molecule has 9 heteroatoms. The summed E-state index contributed by atoms with van der Waals surface area (Å²) in [4.78, 5) is 25.7. The largest absolute Gasteiger partial charge is 0.457 e. The predicted octanol–water partition coefficient (Wildman–Crippen LogP) is 6.40. The van der Waals surface area contributed by atoms with Crippen LogP contribution in [0.4, 0.5) is 5.69 Å². The molecule has 182 valence electrons. The Kier molecular flexibility index (Phi) is 8.55. The standard InChI is InChI=1S/C26H25Cl2N3O3S/c1-15-22(25(33)34-26(2,3)4)23(16-5-7-17(27)8-6-16)20(13-29)24(30-15)35-14-21(32)31-19-11-9-18(28)10-12-19/h5-12,23,30H,14H2,1-4H3,(H,31,32). The second-order valence-corrected chi connectivity index (χ2v) is 10.7. The molecule has 2 aromatic carbocycles. The fourth-order valence-corrected chi connectivity index (χ4v) is 4.63. The zero-order valence-corrected chi connectivity index (χ0v) is 22.1. The van der Waals surface area contributed by atoms with Crippen LogP contribution < -0.4 is 10.6 Å². The van der Waals surface area contributed by atoms with E-state index in [0.29, 0.717) is 37.6 Å². The number of ether oxygens (including phenoxy) is 1. The zero-order chi connectivity index (χ0) is 25.8. The molecular weight excluding hydrogens is 505 g/mol. The maximum absolute atomic E-state index is 13.2. The zero-order valence-electron chi connectivity index (χ0n) is 19.7. The van der Waals surface area contributed by atoms with Gasteiger partial charge < -0.3 is 15.4 Å². The van der Waals surface area contributed by atoms with Crippen LogP contribution in [0.3, 0.4) is 0 Å². The molecule has 6 nitrogen and oxygen atoms in total. The maximum Gasteiger partial charge on any atom is 0.337 e. The van der Waals surface area contributed by atoms with Gasteiger partial charge in [-0.3, -0.25) is 4.79 Å². The number of dihydropyridines is 1. The van der Waals surface area contributed by atoms with Crippen LogP contribution in [-0.2, 0) is 14.3 Å². The summed E-state index contributed by atoms with van der Waals surface area (Å²) in [7, 11) is 0. The number of rotatable bonds is 6. The van der Waals surface area contributed by atoms with Gasteiger partial charge in [-0.25, -0.2) is 4.79 Å². The number of hydrogen-bond donors (Lipinski definition) is 2. The van der Waals surface area contributed by atoms with Gasteiger partial charge in [-0.15, -0.1) is 0 Å². The Bertz CT molecular complexity index is 1220. The summed E-state index contributed by atoms with van der Waals surface area (Å²) in [5.41, 5.74) is 1.85. The van der Waals surface area contributed by atoms with Gasteiger partial charge in [-0.1, -0.05) is 47.1 Å². The summed E-state index contributed by atoms with van der Waals surface area (Å²) >= 11 is 13.2. The van der Waals surface area contributed by atoms with Crippen LogP contribution in [-0.4, -0.2) is 23.2 Å². The molecule has 0 aliphatic carbocycles. The number of anilines is 1. The van der Waals surface area contributed by atoms with Crippen molar-refractivity contribution in [3.63, 3.8) is 0 Å².